The van der Waals surface area contributed by atoms with Crippen molar-refractivity contribution in [1.82, 2.24) is 0 Å². The van der Waals surface area contributed by atoms with E-state index in [2.05, 4.69) is 0 Å². The van der Waals surface area contributed by atoms with Gasteiger partial charge >= 0.3 is 5.97 Å². The molecule has 0 heterocycles. The predicted molar refractivity (Wildman–Crippen MR) is 53.8 cm³/mol. The lowest BCUT2D eigenvalue weighted by atomic mass is 9.95. The Kier molecular flexibility index (Phi) is 3.29. The van der Waals surface area contributed by atoms with Crippen LogP contribution in [0.2, 0.25) is 0 Å². The number of hydrogen-bond acceptors (Lipinski definition) is 3. The number of nitrogens with zero attached hydrogens (tertiary/aromatic N) is 1. The molecular formula is C11H11NO3. The summed E-state index contributed by atoms with van der Waals surface area (Å²) in [4.78, 5) is 10.9. The molecule has 4 nitrogen and oxygen atoms in total. The first kappa shape index (κ1) is 11.1. The van der Waals surface area contributed by atoms with E-state index in [9.17, 15) is 4.79 Å². The van der Waals surface area contributed by atoms with Crippen molar-refractivity contribution in [3.8, 4) is 11.8 Å². The smallest absolute Gasteiger partial charge is 0.310 e. The molecule has 0 saturated carbocycles. The highest BCUT2D eigenvalue weighted by Crippen LogP contribution is 2.29. The Bertz CT molecular complexity index is 420. The number of carboxylic acid groups (broad SMARTS) is 1. The summed E-state index contributed by atoms with van der Waals surface area (Å²) in [6.07, 6.45) is 0. The van der Waals surface area contributed by atoms with Gasteiger partial charge in [0.25, 0.3) is 0 Å². The Morgan fingerprint density at radius 3 is 2.73 bits per heavy atom. The number of nitriles is 1. The number of rotatable bonds is 3. The molecule has 0 bridgehead atoms. The summed E-state index contributed by atoms with van der Waals surface area (Å²) in [6, 6.07) is 6.85. The first-order valence-electron chi connectivity index (χ1n) is 4.41. The maximum absolute atomic E-state index is 10.9. The minimum Gasteiger partial charge on any atom is -0.496 e. The normalized spacial score (nSPS) is 11.5. The first-order chi connectivity index (χ1) is 7.11. The molecule has 0 aliphatic carbocycles. The predicted octanol–water partition coefficient (Wildman–Crippen LogP) is 1.75. The van der Waals surface area contributed by atoms with E-state index in [-0.39, 0.29) is 0 Å². The van der Waals surface area contributed by atoms with Gasteiger partial charge in [-0.15, -0.1) is 0 Å². The van der Waals surface area contributed by atoms with Crippen molar-refractivity contribution in [1.29, 1.82) is 5.26 Å². The van der Waals surface area contributed by atoms with Gasteiger partial charge in [-0.1, -0.05) is 6.07 Å². The van der Waals surface area contributed by atoms with Gasteiger partial charge in [-0.3, -0.25) is 4.79 Å². The summed E-state index contributed by atoms with van der Waals surface area (Å²) in [6.45, 7) is 1.53. The van der Waals surface area contributed by atoms with E-state index < -0.39 is 11.9 Å². The molecule has 1 atom stereocenters. The topological polar surface area (TPSA) is 70.3 Å². The highest BCUT2D eigenvalue weighted by molar-refractivity contribution is 5.78. The van der Waals surface area contributed by atoms with Crippen LogP contribution in [-0.2, 0) is 4.79 Å². The SMILES string of the molecule is COc1cccc(C#N)c1[C@H](C)C(=O)O. The van der Waals surface area contributed by atoms with Crippen molar-refractivity contribution in [2.75, 3.05) is 7.11 Å². The highest BCUT2D eigenvalue weighted by atomic mass is 16.5. The molecule has 0 spiro atoms. The van der Waals surface area contributed by atoms with Gasteiger partial charge in [0.05, 0.1) is 24.7 Å². The molecular weight excluding hydrogens is 194 g/mol. The fourth-order valence-corrected chi connectivity index (χ4v) is 1.39. The Morgan fingerprint density at radius 2 is 2.27 bits per heavy atom. The Morgan fingerprint density at radius 1 is 1.60 bits per heavy atom. The molecule has 0 unspecified atom stereocenters. The zero-order valence-corrected chi connectivity index (χ0v) is 8.52. The average Bonchev–Trinajstić information content (AvgIpc) is 2.26. The third-order valence-electron chi connectivity index (χ3n) is 2.21. The van der Waals surface area contributed by atoms with Gasteiger partial charge < -0.3 is 9.84 Å². The van der Waals surface area contributed by atoms with Crippen molar-refractivity contribution >= 4 is 5.97 Å². The molecule has 1 N–H and O–H groups in total. The number of hydrogen-bond donors (Lipinski definition) is 1. The van der Waals surface area contributed by atoms with Crippen molar-refractivity contribution in [2.24, 2.45) is 0 Å². The summed E-state index contributed by atoms with van der Waals surface area (Å²) in [5.41, 5.74) is 0.763. The van der Waals surface area contributed by atoms with Gasteiger partial charge in [0, 0.05) is 5.56 Å². The fraction of sp³-hybridized carbons (Fsp3) is 0.273. The van der Waals surface area contributed by atoms with E-state index in [1.54, 1.807) is 18.2 Å². The zero-order valence-electron chi connectivity index (χ0n) is 8.52. The molecule has 0 radical (unpaired) electrons. The second-order valence-corrected chi connectivity index (χ2v) is 3.09. The lowest BCUT2D eigenvalue weighted by Crippen LogP contribution is -2.10. The van der Waals surface area contributed by atoms with Gasteiger partial charge in [0.1, 0.15) is 5.75 Å². The van der Waals surface area contributed by atoms with E-state index in [0.717, 1.165) is 0 Å². The summed E-state index contributed by atoms with van der Waals surface area (Å²) < 4.78 is 5.04. The van der Waals surface area contributed by atoms with Crippen molar-refractivity contribution in [3.05, 3.63) is 29.3 Å². The van der Waals surface area contributed by atoms with E-state index in [1.165, 1.54) is 14.0 Å². The largest absolute Gasteiger partial charge is 0.496 e. The van der Waals surface area contributed by atoms with Crippen molar-refractivity contribution < 1.29 is 14.6 Å². The fourth-order valence-electron chi connectivity index (χ4n) is 1.39. The van der Waals surface area contributed by atoms with Gasteiger partial charge in [0.2, 0.25) is 0 Å². The standard InChI is InChI=1S/C11H11NO3/c1-7(11(13)14)10-8(6-12)4-3-5-9(10)15-2/h3-5,7H,1-2H3,(H,13,14)/t7-/m0/s1. The van der Waals surface area contributed by atoms with Crippen LogP contribution in [0.1, 0.15) is 24.0 Å². The maximum Gasteiger partial charge on any atom is 0.310 e. The van der Waals surface area contributed by atoms with Crippen molar-refractivity contribution in [2.45, 2.75) is 12.8 Å². The lowest BCUT2D eigenvalue weighted by molar-refractivity contribution is -0.138. The Hall–Kier alpha value is -2.02. The highest BCUT2D eigenvalue weighted by Gasteiger charge is 2.21. The van der Waals surface area contributed by atoms with Crippen LogP contribution in [0.15, 0.2) is 18.2 Å². The molecule has 1 aromatic carbocycles. The molecule has 0 saturated heterocycles. The molecule has 15 heavy (non-hydrogen) atoms. The molecule has 0 amide bonds. The lowest BCUT2D eigenvalue weighted by Gasteiger charge is -2.13. The summed E-state index contributed by atoms with van der Waals surface area (Å²) in [5, 5.41) is 17.8. The summed E-state index contributed by atoms with van der Waals surface area (Å²) in [5.74, 6) is -1.30. The Balaban J connectivity index is 3.35. The second kappa shape index (κ2) is 4.47. The Labute approximate surface area is 87.7 Å². The third kappa shape index (κ3) is 2.08. The minimum absolute atomic E-state index is 0.337. The van der Waals surface area contributed by atoms with E-state index in [4.69, 9.17) is 15.1 Å². The van der Waals surface area contributed by atoms with E-state index >= 15 is 0 Å². The third-order valence-corrected chi connectivity index (χ3v) is 2.21. The van der Waals surface area contributed by atoms with Gasteiger partial charge in [-0.25, -0.2) is 0 Å². The number of ether oxygens (including phenoxy) is 1. The number of carboxylic acids is 1. The number of methoxy groups -OCH3 is 1. The summed E-state index contributed by atoms with van der Waals surface area (Å²) in [7, 11) is 1.45. The van der Waals surface area contributed by atoms with Gasteiger partial charge in [-0.05, 0) is 19.1 Å². The molecule has 0 aliphatic heterocycles. The molecule has 78 valence electrons. The molecule has 0 aliphatic rings. The average molecular weight is 205 g/mol. The maximum atomic E-state index is 10.9. The van der Waals surface area contributed by atoms with Crippen LogP contribution >= 0.6 is 0 Å². The van der Waals surface area contributed by atoms with Crippen LogP contribution < -0.4 is 4.74 Å². The number of benzene rings is 1. The van der Waals surface area contributed by atoms with Crippen LogP contribution in [0.5, 0.6) is 5.75 Å². The summed E-state index contributed by atoms with van der Waals surface area (Å²) >= 11 is 0. The van der Waals surface area contributed by atoms with E-state index in [0.29, 0.717) is 16.9 Å². The molecule has 1 rings (SSSR count). The molecule has 0 fully saturated rings. The second-order valence-electron chi connectivity index (χ2n) is 3.09. The van der Waals surface area contributed by atoms with Crippen LogP contribution in [0.3, 0.4) is 0 Å². The molecule has 4 heteroatoms. The monoisotopic (exact) mass is 205 g/mol. The minimum atomic E-state index is -0.976. The number of carbonyl (C=O) groups is 1. The van der Waals surface area contributed by atoms with E-state index in [1.807, 2.05) is 6.07 Å². The van der Waals surface area contributed by atoms with Crippen molar-refractivity contribution in [3.63, 3.8) is 0 Å². The number of aliphatic carboxylic acids is 1. The first-order valence-corrected chi connectivity index (χ1v) is 4.41. The molecule has 1 aromatic rings. The molecule has 0 aromatic heterocycles. The van der Waals surface area contributed by atoms with Crippen LogP contribution in [-0.4, -0.2) is 18.2 Å². The van der Waals surface area contributed by atoms with Crippen LogP contribution in [0.4, 0.5) is 0 Å². The van der Waals surface area contributed by atoms with Gasteiger partial charge in [-0.2, -0.15) is 5.26 Å². The van der Waals surface area contributed by atoms with Crippen LogP contribution in [0.25, 0.3) is 0 Å². The quantitative estimate of drug-likeness (QED) is 0.816. The zero-order chi connectivity index (χ0) is 11.4. The van der Waals surface area contributed by atoms with Crippen LogP contribution in [0, 0.1) is 11.3 Å². The van der Waals surface area contributed by atoms with Gasteiger partial charge in [0.15, 0.2) is 0 Å².